The van der Waals surface area contributed by atoms with Gasteiger partial charge in [0, 0.05) is 18.3 Å². The van der Waals surface area contributed by atoms with Crippen molar-refractivity contribution in [1.82, 2.24) is 20.5 Å². The number of amides is 4. The largest absolute Gasteiger partial charge is 0.379 e. The fraction of sp³-hybridized carbons (Fsp3) is 0.467. The first kappa shape index (κ1) is 15.4. The summed E-state index contributed by atoms with van der Waals surface area (Å²) in [7, 11) is 0. The van der Waals surface area contributed by atoms with Crippen molar-refractivity contribution in [2.45, 2.75) is 12.5 Å². The lowest BCUT2D eigenvalue weighted by atomic mass is 9.95. The van der Waals surface area contributed by atoms with Gasteiger partial charge in [-0.3, -0.25) is 19.5 Å². The van der Waals surface area contributed by atoms with Crippen LogP contribution in [0.4, 0.5) is 4.79 Å². The highest BCUT2D eigenvalue weighted by molar-refractivity contribution is 6.04. The molecule has 0 aliphatic carbocycles. The maximum atomic E-state index is 12.1. The number of urea groups is 1. The highest BCUT2D eigenvalue weighted by atomic mass is 16.5. The minimum atomic E-state index is -0.527. The van der Waals surface area contributed by atoms with Crippen molar-refractivity contribution in [1.29, 1.82) is 0 Å². The van der Waals surface area contributed by atoms with E-state index in [2.05, 4.69) is 15.6 Å². The van der Waals surface area contributed by atoms with Gasteiger partial charge in [-0.2, -0.15) is 0 Å². The highest BCUT2D eigenvalue weighted by Gasteiger charge is 2.33. The van der Waals surface area contributed by atoms with E-state index in [1.54, 1.807) is 12.4 Å². The number of imide groups is 1. The first-order valence-electron chi connectivity index (χ1n) is 7.47. The van der Waals surface area contributed by atoms with Gasteiger partial charge >= 0.3 is 6.03 Å². The second kappa shape index (κ2) is 6.74. The number of pyridine rings is 1. The molecule has 0 bridgehead atoms. The topological polar surface area (TPSA) is 101 Å². The molecule has 1 aromatic rings. The molecule has 23 heavy (non-hydrogen) atoms. The Morgan fingerprint density at radius 2 is 2.13 bits per heavy atom. The number of rotatable bonds is 5. The molecule has 8 heteroatoms. The minimum absolute atomic E-state index is 0.0523. The Hall–Kier alpha value is -2.48. The first-order valence-corrected chi connectivity index (χ1v) is 7.47. The van der Waals surface area contributed by atoms with Gasteiger partial charge in [-0.25, -0.2) is 4.79 Å². The third-order valence-corrected chi connectivity index (χ3v) is 4.03. The van der Waals surface area contributed by atoms with Gasteiger partial charge in [0.05, 0.1) is 25.8 Å². The van der Waals surface area contributed by atoms with Crippen LogP contribution in [0.2, 0.25) is 0 Å². The summed E-state index contributed by atoms with van der Waals surface area (Å²) < 4.78 is 5.46. The SMILES string of the molecule is O=C(CN1C(=O)CNC1=O)N[C@@H]1COC[C@H]1Cc1ccncc1. The van der Waals surface area contributed by atoms with E-state index < -0.39 is 6.03 Å². The number of aromatic nitrogens is 1. The predicted molar refractivity (Wildman–Crippen MR) is 79.3 cm³/mol. The lowest BCUT2D eigenvalue weighted by molar-refractivity contribution is -0.131. The molecule has 2 fully saturated rings. The Bertz CT molecular complexity index is 591. The van der Waals surface area contributed by atoms with E-state index in [-0.39, 0.29) is 36.9 Å². The Balaban J connectivity index is 1.55. The van der Waals surface area contributed by atoms with Crippen molar-refractivity contribution in [3.8, 4) is 0 Å². The van der Waals surface area contributed by atoms with Crippen LogP contribution in [-0.4, -0.2) is 60.1 Å². The summed E-state index contributed by atoms with van der Waals surface area (Å²) in [6.45, 7) is 0.685. The van der Waals surface area contributed by atoms with E-state index in [9.17, 15) is 14.4 Å². The number of ether oxygens (including phenoxy) is 1. The van der Waals surface area contributed by atoms with Crippen molar-refractivity contribution in [3.63, 3.8) is 0 Å². The summed E-state index contributed by atoms with van der Waals surface area (Å²) in [5.41, 5.74) is 1.13. The van der Waals surface area contributed by atoms with Crippen LogP contribution in [0.15, 0.2) is 24.5 Å². The van der Waals surface area contributed by atoms with E-state index in [1.807, 2.05) is 12.1 Å². The summed E-state index contributed by atoms with van der Waals surface area (Å²) in [5.74, 6) is -0.587. The van der Waals surface area contributed by atoms with Crippen LogP contribution in [0, 0.1) is 5.92 Å². The van der Waals surface area contributed by atoms with Crippen LogP contribution in [-0.2, 0) is 20.7 Å². The number of hydrogen-bond donors (Lipinski definition) is 2. The van der Waals surface area contributed by atoms with Crippen LogP contribution in [0.1, 0.15) is 5.56 Å². The molecule has 2 atom stereocenters. The molecule has 0 aromatic carbocycles. The zero-order valence-electron chi connectivity index (χ0n) is 12.5. The van der Waals surface area contributed by atoms with Gasteiger partial charge in [-0.05, 0) is 24.1 Å². The summed E-state index contributed by atoms with van der Waals surface area (Å²) in [6.07, 6.45) is 4.24. The van der Waals surface area contributed by atoms with Gasteiger partial charge in [-0.15, -0.1) is 0 Å². The van der Waals surface area contributed by atoms with E-state index in [0.717, 1.165) is 16.9 Å². The third kappa shape index (κ3) is 3.65. The zero-order valence-corrected chi connectivity index (χ0v) is 12.5. The Morgan fingerprint density at radius 3 is 2.83 bits per heavy atom. The molecule has 8 nitrogen and oxygen atoms in total. The smallest absolute Gasteiger partial charge is 0.325 e. The lowest BCUT2D eigenvalue weighted by Gasteiger charge is -2.20. The van der Waals surface area contributed by atoms with Crippen LogP contribution < -0.4 is 10.6 Å². The molecular weight excluding hydrogens is 300 g/mol. The molecule has 0 spiro atoms. The maximum Gasteiger partial charge on any atom is 0.325 e. The minimum Gasteiger partial charge on any atom is -0.379 e. The van der Waals surface area contributed by atoms with Gasteiger partial charge in [0.1, 0.15) is 6.54 Å². The van der Waals surface area contributed by atoms with E-state index >= 15 is 0 Å². The summed E-state index contributed by atoms with van der Waals surface area (Å²) in [4.78, 5) is 39.9. The Morgan fingerprint density at radius 1 is 1.35 bits per heavy atom. The van der Waals surface area contributed by atoms with E-state index in [1.165, 1.54) is 0 Å². The number of nitrogens with one attached hydrogen (secondary N) is 2. The van der Waals surface area contributed by atoms with E-state index in [0.29, 0.717) is 13.2 Å². The predicted octanol–water partition coefficient (Wildman–Crippen LogP) is -0.693. The maximum absolute atomic E-state index is 12.1. The molecule has 122 valence electrons. The first-order chi connectivity index (χ1) is 11.1. The van der Waals surface area contributed by atoms with Crippen molar-refractivity contribution >= 4 is 17.8 Å². The molecular formula is C15H18N4O4. The van der Waals surface area contributed by atoms with Crippen molar-refractivity contribution in [2.75, 3.05) is 26.3 Å². The third-order valence-electron chi connectivity index (χ3n) is 4.03. The monoisotopic (exact) mass is 318 g/mol. The van der Waals surface area contributed by atoms with Crippen LogP contribution in [0.5, 0.6) is 0 Å². The molecule has 2 aliphatic heterocycles. The molecule has 2 saturated heterocycles. The van der Waals surface area contributed by atoms with Gasteiger partial charge < -0.3 is 15.4 Å². The van der Waals surface area contributed by atoms with Gasteiger partial charge in [0.2, 0.25) is 5.91 Å². The highest BCUT2D eigenvalue weighted by Crippen LogP contribution is 2.19. The molecule has 2 N–H and O–H groups in total. The van der Waals surface area contributed by atoms with Gasteiger partial charge in [-0.1, -0.05) is 0 Å². The molecule has 3 rings (SSSR count). The molecule has 3 heterocycles. The fourth-order valence-electron chi connectivity index (χ4n) is 2.79. The molecule has 1 aromatic heterocycles. The summed E-state index contributed by atoms with van der Waals surface area (Å²) >= 11 is 0. The molecule has 4 amide bonds. The van der Waals surface area contributed by atoms with Gasteiger partial charge in [0.15, 0.2) is 0 Å². The Kier molecular flexibility index (Phi) is 4.52. The Labute approximate surface area is 133 Å². The van der Waals surface area contributed by atoms with E-state index in [4.69, 9.17) is 4.74 Å². The number of nitrogens with zero attached hydrogens (tertiary/aromatic N) is 2. The molecule has 0 saturated carbocycles. The lowest BCUT2D eigenvalue weighted by Crippen LogP contribution is -2.47. The molecule has 0 unspecified atom stereocenters. The van der Waals surface area contributed by atoms with Crippen LogP contribution in [0.25, 0.3) is 0 Å². The quantitative estimate of drug-likeness (QED) is 0.700. The van der Waals surface area contributed by atoms with Crippen molar-refractivity contribution < 1.29 is 19.1 Å². The zero-order chi connectivity index (χ0) is 16.2. The average Bonchev–Trinajstić information content (AvgIpc) is 3.10. The van der Waals surface area contributed by atoms with Gasteiger partial charge in [0.25, 0.3) is 5.91 Å². The van der Waals surface area contributed by atoms with Crippen LogP contribution in [0.3, 0.4) is 0 Å². The molecule has 0 radical (unpaired) electrons. The molecule has 2 aliphatic rings. The van der Waals surface area contributed by atoms with Crippen molar-refractivity contribution in [3.05, 3.63) is 30.1 Å². The summed E-state index contributed by atoms with van der Waals surface area (Å²) in [5, 5.41) is 5.25. The summed E-state index contributed by atoms with van der Waals surface area (Å²) in [6, 6.07) is 3.21. The standard InChI is InChI=1S/C15H18N4O4/c20-13(7-19-14(21)6-17-15(19)22)18-12-9-23-8-11(12)5-10-1-3-16-4-2-10/h1-4,11-12H,5-9H2,(H,17,22)(H,18,20)/t11-,12-/m1/s1. The van der Waals surface area contributed by atoms with Crippen LogP contribution >= 0.6 is 0 Å². The van der Waals surface area contributed by atoms with Crippen molar-refractivity contribution in [2.24, 2.45) is 5.92 Å². The number of carbonyl (C=O) groups is 3. The fourth-order valence-corrected chi connectivity index (χ4v) is 2.79. The second-order valence-corrected chi connectivity index (χ2v) is 5.67. The number of carbonyl (C=O) groups excluding carboxylic acids is 3. The number of hydrogen-bond acceptors (Lipinski definition) is 5. The normalized spacial score (nSPS) is 23.9. The second-order valence-electron chi connectivity index (χ2n) is 5.67. The average molecular weight is 318 g/mol.